The summed E-state index contributed by atoms with van der Waals surface area (Å²) in [7, 11) is 0. The SMILES string of the molecule is CC(NCc1ccccc1)(C(N)=O)c1ccc(F)c(F)c1. The van der Waals surface area contributed by atoms with Crippen LogP contribution in [-0.4, -0.2) is 5.91 Å². The average Bonchev–Trinajstić information content (AvgIpc) is 2.48. The fraction of sp³-hybridized carbons (Fsp3) is 0.188. The number of amides is 1. The first-order valence-electron chi connectivity index (χ1n) is 6.48. The van der Waals surface area contributed by atoms with Crippen LogP contribution in [0.1, 0.15) is 18.1 Å². The van der Waals surface area contributed by atoms with Crippen molar-refractivity contribution in [3.8, 4) is 0 Å². The molecule has 5 heteroatoms. The Kier molecular flexibility index (Phi) is 4.33. The van der Waals surface area contributed by atoms with Crippen molar-refractivity contribution in [1.82, 2.24) is 5.32 Å². The summed E-state index contributed by atoms with van der Waals surface area (Å²) >= 11 is 0. The number of nitrogens with two attached hydrogens (primary N) is 1. The molecule has 1 unspecified atom stereocenters. The number of nitrogens with one attached hydrogen (secondary N) is 1. The van der Waals surface area contributed by atoms with Gasteiger partial charge in [-0.15, -0.1) is 0 Å². The Labute approximate surface area is 121 Å². The summed E-state index contributed by atoms with van der Waals surface area (Å²) in [5.41, 5.74) is 5.38. The van der Waals surface area contributed by atoms with Crippen LogP contribution in [0.2, 0.25) is 0 Å². The van der Waals surface area contributed by atoms with Gasteiger partial charge in [-0.3, -0.25) is 10.1 Å². The fourth-order valence-corrected chi connectivity index (χ4v) is 2.01. The van der Waals surface area contributed by atoms with Gasteiger partial charge in [0, 0.05) is 6.54 Å². The second-order valence-electron chi connectivity index (χ2n) is 4.96. The van der Waals surface area contributed by atoms with Gasteiger partial charge in [0.1, 0.15) is 5.54 Å². The van der Waals surface area contributed by atoms with E-state index in [4.69, 9.17) is 5.73 Å². The molecule has 1 amide bonds. The molecule has 0 spiro atoms. The van der Waals surface area contributed by atoms with Gasteiger partial charge in [0.25, 0.3) is 0 Å². The van der Waals surface area contributed by atoms with Gasteiger partial charge in [-0.2, -0.15) is 0 Å². The van der Waals surface area contributed by atoms with Crippen LogP contribution in [-0.2, 0) is 16.9 Å². The van der Waals surface area contributed by atoms with Crippen LogP contribution in [0.15, 0.2) is 48.5 Å². The van der Waals surface area contributed by atoms with Crippen molar-refractivity contribution in [2.75, 3.05) is 0 Å². The monoisotopic (exact) mass is 290 g/mol. The number of carbonyl (C=O) groups excluding carboxylic acids is 1. The van der Waals surface area contributed by atoms with E-state index in [1.165, 1.54) is 6.07 Å². The van der Waals surface area contributed by atoms with Crippen LogP contribution in [0.3, 0.4) is 0 Å². The van der Waals surface area contributed by atoms with E-state index in [0.717, 1.165) is 17.7 Å². The molecule has 2 rings (SSSR count). The molecule has 21 heavy (non-hydrogen) atoms. The number of rotatable bonds is 5. The quantitative estimate of drug-likeness (QED) is 0.888. The molecule has 0 bridgehead atoms. The van der Waals surface area contributed by atoms with Crippen molar-refractivity contribution in [2.24, 2.45) is 5.73 Å². The van der Waals surface area contributed by atoms with Gasteiger partial charge in [0.15, 0.2) is 11.6 Å². The van der Waals surface area contributed by atoms with Gasteiger partial charge in [0.2, 0.25) is 5.91 Å². The lowest BCUT2D eigenvalue weighted by atomic mass is 9.90. The van der Waals surface area contributed by atoms with E-state index in [2.05, 4.69) is 5.32 Å². The highest BCUT2D eigenvalue weighted by molar-refractivity contribution is 5.85. The van der Waals surface area contributed by atoms with Crippen LogP contribution >= 0.6 is 0 Å². The summed E-state index contributed by atoms with van der Waals surface area (Å²) in [6.07, 6.45) is 0. The number of hydrogen-bond acceptors (Lipinski definition) is 2. The van der Waals surface area contributed by atoms with Crippen LogP contribution < -0.4 is 11.1 Å². The van der Waals surface area contributed by atoms with Crippen molar-refractivity contribution in [3.05, 3.63) is 71.3 Å². The van der Waals surface area contributed by atoms with E-state index >= 15 is 0 Å². The molecule has 0 fully saturated rings. The maximum atomic E-state index is 13.4. The molecule has 0 radical (unpaired) electrons. The second-order valence-corrected chi connectivity index (χ2v) is 4.96. The Hall–Kier alpha value is -2.27. The van der Waals surface area contributed by atoms with Gasteiger partial charge in [-0.25, -0.2) is 8.78 Å². The molecule has 0 aromatic heterocycles. The zero-order chi connectivity index (χ0) is 15.5. The third-order valence-corrected chi connectivity index (χ3v) is 3.48. The Bertz CT molecular complexity index is 646. The summed E-state index contributed by atoms with van der Waals surface area (Å²) in [6.45, 7) is 1.92. The highest BCUT2D eigenvalue weighted by Gasteiger charge is 2.33. The maximum Gasteiger partial charge on any atom is 0.242 e. The van der Waals surface area contributed by atoms with E-state index in [-0.39, 0.29) is 5.56 Å². The van der Waals surface area contributed by atoms with Crippen molar-refractivity contribution >= 4 is 5.91 Å². The Morgan fingerprint density at radius 1 is 1.14 bits per heavy atom. The molecule has 2 aromatic rings. The lowest BCUT2D eigenvalue weighted by molar-refractivity contribution is -0.124. The molecule has 0 heterocycles. The number of primary amides is 1. The maximum absolute atomic E-state index is 13.4. The summed E-state index contributed by atoms with van der Waals surface area (Å²) in [6, 6.07) is 12.7. The van der Waals surface area contributed by atoms with Gasteiger partial charge in [-0.1, -0.05) is 36.4 Å². The smallest absolute Gasteiger partial charge is 0.242 e. The molecule has 110 valence electrons. The van der Waals surface area contributed by atoms with Crippen molar-refractivity contribution in [3.63, 3.8) is 0 Å². The molecule has 0 saturated carbocycles. The zero-order valence-corrected chi connectivity index (χ0v) is 11.6. The van der Waals surface area contributed by atoms with Gasteiger partial charge in [0.05, 0.1) is 0 Å². The molecule has 2 aromatic carbocycles. The van der Waals surface area contributed by atoms with Gasteiger partial charge >= 0.3 is 0 Å². The molecule has 0 aliphatic heterocycles. The van der Waals surface area contributed by atoms with Gasteiger partial charge in [-0.05, 0) is 30.2 Å². The summed E-state index contributed by atoms with van der Waals surface area (Å²) in [5, 5.41) is 3.01. The average molecular weight is 290 g/mol. The molecule has 0 aliphatic carbocycles. The number of halogens is 2. The predicted octanol–water partition coefficient (Wildman–Crippen LogP) is 2.46. The Morgan fingerprint density at radius 3 is 2.38 bits per heavy atom. The molecular formula is C16H16F2N2O. The predicted molar refractivity (Wildman–Crippen MR) is 76.2 cm³/mol. The molecule has 0 aliphatic rings. The number of hydrogen-bond donors (Lipinski definition) is 2. The van der Waals surface area contributed by atoms with E-state index in [9.17, 15) is 13.6 Å². The van der Waals surface area contributed by atoms with Crippen molar-refractivity contribution < 1.29 is 13.6 Å². The van der Waals surface area contributed by atoms with Crippen molar-refractivity contribution in [1.29, 1.82) is 0 Å². The van der Waals surface area contributed by atoms with Crippen LogP contribution in [0.4, 0.5) is 8.78 Å². The molecular weight excluding hydrogens is 274 g/mol. The first-order chi connectivity index (χ1) is 9.93. The highest BCUT2D eigenvalue weighted by atomic mass is 19.2. The molecule has 3 N–H and O–H groups in total. The number of benzene rings is 2. The molecule has 3 nitrogen and oxygen atoms in total. The highest BCUT2D eigenvalue weighted by Crippen LogP contribution is 2.23. The normalized spacial score (nSPS) is 13.7. The Morgan fingerprint density at radius 2 is 1.81 bits per heavy atom. The minimum Gasteiger partial charge on any atom is -0.368 e. The third kappa shape index (κ3) is 3.25. The first-order valence-corrected chi connectivity index (χ1v) is 6.48. The number of carbonyl (C=O) groups is 1. The van der Waals surface area contributed by atoms with Crippen molar-refractivity contribution in [2.45, 2.75) is 19.0 Å². The van der Waals surface area contributed by atoms with Gasteiger partial charge < -0.3 is 5.73 Å². The van der Waals surface area contributed by atoms with E-state index in [0.29, 0.717) is 6.54 Å². The standard InChI is InChI=1S/C16H16F2N2O/c1-16(15(19)21,12-7-8-13(17)14(18)9-12)20-10-11-5-3-2-4-6-11/h2-9,20H,10H2,1H3,(H2,19,21). The van der Waals surface area contributed by atoms with E-state index in [1.54, 1.807) is 6.92 Å². The summed E-state index contributed by atoms with van der Waals surface area (Å²) in [5.74, 6) is -2.64. The minimum absolute atomic E-state index is 0.282. The second kappa shape index (κ2) is 6.01. The van der Waals surface area contributed by atoms with Crippen LogP contribution in [0, 0.1) is 11.6 Å². The van der Waals surface area contributed by atoms with E-state index < -0.39 is 23.1 Å². The third-order valence-electron chi connectivity index (χ3n) is 3.48. The first kappa shape index (κ1) is 15.1. The molecule has 0 saturated heterocycles. The Balaban J connectivity index is 2.27. The largest absolute Gasteiger partial charge is 0.368 e. The van der Waals surface area contributed by atoms with Crippen LogP contribution in [0.25, 0.3) is 0 Å². The van der Waals surface area contributed by atoms with Crippen LogP contribution in [0.5, 0.6) is 0 Å². The molecule has 1 atom stereocenters. The van der Waals surface area contributed by atoms with E-state index in [1.807, 2.05) is 30.3 Å². The zero-order valence-electron chi connectivity index (χ0n) is 11.6. The fourth-order valence-electron chi connectivity index (χ4n) is 2.01. The topological polar surface area (TPSA) is 55.1 Å². The lowest BCUT2D eigenvalue weighted by Gasteiger charge is -2.28. The summed E-state index contributed by atoms with van der Waals surface area (Å²) < 4.78 is 26.4. The summed E-state index contributed by atoms with van der Waals surface area (Å²) in [4.78, 5) is 11.8. The minimum atomic E-state index is -1.29. The lowest BCUT2D eigenvalue weighted by Crippen LogP contribution is -2.50.